The molecule has 7 heteroatoms. The number of thioether (sulfide) groups is 1. The zero-order chi connectivity index (χ0) is 18.7. The molecule has 0 saturated heterocycles. The summed E-state index contributed by atoms with van der Waals surface area (Å²) in [4.78, 5) is 15.0. The number of aromatic nitrogens is 4. The van der Waals surface area contributed by atoms with Gasteiger partial charge < -0.3 is 4.90 Å². The Morgan fingerprint density at radius 1 is 1.31 bits per heavy atom. The number of rotatable bonds is 7. The van der Waals surface area contributed by atoms with E-state index in [2.05, 4.69) is 34.6 Å². The second-order valence-electron chi connectivity index (χ2n) is 7.92. The van der Waals surface area contributed by atoms with Crippen molar-refractivity contribution >= 4 is 17.7 Å². The van der Waals surface area contributed by atoms with Gasteiger partial charge in [-0.3, -0.25) is 4.79 Å². The number of hydrogen-bond acceptors (Lipinski definition) is 5. The number of carbonyl (C=O) groups excluding carboxylic acids is 1. The molecule has 1 aromatic carbocycles. The molecular weight excluding hydrogens is 346 g/mol. The molecule has 140 valence electrons. The molecule has 1 aromatic heterocycles. The molecule has 1 fully saturated rings. The lowest BCUT2D eigenvalue weighted by Gasteiger charge is -2.29. The van der Waals surface area contributed by atoms with Crippen molar-refractivity contribution in [1.82, 2.24) is 25.1 Å². The second kappa shape index (κ2) is 7.78. The fraction of sp³-hybridized carbons (Fsp3) is 0.579. The van der Waals surface area contributed by atoms with Gasteiger partial charge in [-0.1, -0.05) is 42.1 Å². The van der Waals surface area contributed by atoms with E-state index in [0.29, 0.717) is 23.4 Å². The van der Waals surface area contributed by atoms with Gasteiger partial charge >= 0.3 is 0 Å². The fourth-order valence-electron chi connectivity index (χ4n) is 2.97. The molecule has 1 atom stereocenters. The number of nitrogens with zero attached hydrogens (tertiary/aromatic N) is 5. The highest BCUT2D eigenvalue weighted by atomic mass is 32.2. The molecular formula is C19H27N5OS. The van der Waals surface area contributed by atoms with Gasteiger partial charge in [0.05, 0.1) is 11.3 Å². The predicted molar refractivity (Wildman–Crippen MR) is 103 cm³/mol. The van der Waals surface area contributed by atoms with Crippen LogP contribution < -0.4 is 0 Å². The van der Waals surface area contributed by atoms with Gasteiger partial charge in [-0.25, -0.2) is 4.68 Å². The van der Waals surface area contributed by atoms with E-state index >= 15 is 0 Å². The Labute approximate surface area is 159 Å². The van der Waals surface area contributed by atoms with Gasteiger partial charge in [-0.05, 0) is 62.4 Å². The van der Waals surface area contributed by atoms with Crippen LogP contribution in [0.1, 0.15) is 46.1 Å². The van der Waals surface area contributed by atoms with Crippen LogP contribution in [0.5, 0.6) is 0 Å². The van der Waals surface area contributed by atoms with Crippen molar-refractivity contribution in [3.8, 4) is 0 Å². The highest BCUT2D eigenvalue weighted by Crippen LogP contribution is 2.36. The van der Waals surface area contributed by atoms with Crippen LogP contribution in [0, 0.1) is 5.92 Å². The highest BCUT2D eigenvalue weighted by molar-refractivity contribution is 7.99. The SMILES string of the molecule is CC(C1CC1)N(Cc1ccccc1)C(=O)CSc1nnnn1C(C)(C)C. The number of benzene rings is 1. The van der Waals surface area contributed by atoms with E-state index in [1.165, 1.54) is 24.6 Å². The second-order valence-corrected chi connectivity index (χ2v) is 8.86. The predicted octanol–water partition coefficient (Wildman–Crippen LogP) is 3.35. The molecule has 1 unspecified atom stereocenters. The molecule has 1 amide bonds. The summed E-state index contributed by atoms with van der Waals surface area (Å²) in [5.41, 5.74) is 0.956. The molecule has 1 aliphatic carbocycles. The lowest BCUT2D eigenvalue weighted by atomic mass is 10.1. The summed E-state index contributed by atoms with van der Waals surface area (Å²) in [5, 5.41) is 12.6. The summed E-state index contributed by atoms with van der Waals surface area (Å²) in [7, 11) is 0. The van der Waals surface area contributed by atoms with E-state index in [0.717, 1.165) is 5.56 Å². The molecule has 1 saturated carbocycles. The number of tetrazole rings is 1. The van der Waals surface area contributed by atoms with Gasteiger partial charge in [0.25, 0.3) is 0 Å². The van der Waals surface area contributed by atoms with Crippen molar-refractivity contribution in [3.63, 3.8) is 0 Å². The number of carbonyl (C=O) groups is 1. The Hall–Kier alpha value is -1.89. The van der Waals surface area contributed by atoms with E-state index in [1.807, 2.05) is 43.9 Å². The Morgan fingerprint density at radius 2 is 2.00 bits per heavy atom. The summed E-state index contributed by atoms with van der Waals surface area (Å²) in [6, 6.07) is 10.5. The average molecular weight is 374 g/mol. The van der Waals surface area contributed by atoms with Gasteiger partial charge in [0.1, 0.15) is 0 Å². The van der Waals surface area contributed by atoms with Gasteiger partial charge in [0.15, 0.2) is 0 Å². The van der Waals surface area contributed by atoms with E-state index in [4.69, 9.17) is 0 Å². The monoisotopic (exact) mass is 373 g/mol. The minimum absolute atomic E-state index is 0.140. The van der Waals surface area contributed by atoms with E-state index < -0.39 is 0 Å². The summed E-state index contributed by atoms with van der Waals surface area (Å²) in [6.45, 7) is 8.97. The maximum Gasteiger partial charge on any atom is 0.233 e. The Kier molecular flexibility index (Phi) is 5.65. The third-order valence-corrected chi connectivity index (χ3v) is 5.62. The van der Waals surface area contributed by atoms with Crippen LogP contribution in [0.3, 0.4) is 0 Å². The van der Waals surface area contributed by atoms with Crippen molar-refractivity contribution < 1.29 is 4.79 Å². The normalized spacial score (nSPS) is 15.7. The van der Waals surface area contributed by atoms with Crippen LogP contribution in [0.15, 0.2) is 35.5 Å². The standard InChI is InChI=1S/C19H27N5OS/c1-14(16-10-11-16)23(12-15-8-6-5-7-9-15)17(25)13-26-18-20-21-22-24(18)19(2,3)4/h5-9,14,16H,10-13H2,1-4H3. The average Bonchev–Trinajstić information content (AvgIpc) is 3.34. The van der Waals surface area contributed by atoms with Crippen molar-refractivity contribution in [1.29, 1.82) is 0 Å². The number of amides is 1. The first kappa shape index (κ1) is 18.9. The maximum atomic E-state index is 13.0. The van der Waals surface area contributed by atoms with E-state index in [9.17, 15) is 4.79 Å². The largest absolute Gasteiger partial charge is 0.335 e. The zero-order valence-electron chi connectivity index (χ0n) is 15.9. The first-order valence-electron chi connectivity index (χ1n) is 9.11. The fourth-order valence-corrected chi connectivity index (χ4v) is 3.92. The Morgan fingerprint density at radius 3 is 2.62 bits per heavy atom. The van der Waals surface area contributed by atoms with Crippen molar-refractivity contribution in [3.05, 3.63) is 35.9 Å². The summed E-state index contributed by atoms with van der Waals surface area (Å²) in [5.74, 6) is 1.12. The van der Waals surface area contributed by atoms with Crippen LogP contribution in [-0.2, 0) is 16.9 Å². The molecule has 1 heterocycles. The maximum absolute atomic E-state index is 13.0. The van der Waals surface area contributed by atoms with Crippen molar-refractivity contribution in [2.45, 2.75) is 63.8 Å². The molecule has 26 heavy (non-hydrogen) atoms. The van der Waals surface area contributed by atoms with Gasteiger partial charge in [0, 0.05) is 12.6 Å². The third kappa shape index (κ3) is 4.63. The molecule has 3 rings (SSSR count). The van der Waals surface area contributed by atoms with Crippen molar-refractivity contribution in [2.75, 3.05) is 5.75 Å². The summed E-state index contributed by atoms with van der Waals surface area (Å²) in [6.07, 6.45) is 2.43. The molecule has 0 aliphatic heterocycles. The molecule has 6 nitrogen and oxygen atoms in total. The van der Waals surface area contributed by atoms with Crippen LogP contribution in [0.25, 0.3) is 0 Å². The lowest BCUT2D eigenvalue weighted by molar-refractivity contribution is -0.131. The van der Waals surface area contributed by atoms with E-state index in [-0.39, 0.29) is 17.5 Å². The molecule has 0 radical (unpaired) electrons. The zero-order valence-corrected chi connectivity index (χ0v) is 16.7. The quantitative estimate of drug-likeness (QED) is 0.697. The minimum atomic E-state index is -0.208. The summed E-state index contributed by atoms with van der Waals surface area (Å²) >= 11 is 1.41. The topological polar surface area (TPSA) is 63.9 Å². The Balaban J connectivity index is 1.68. The van der Waals surface area contributed by atoms with E-state index in [1.54, 1.807) is 4.68 Å². The highest BCUT2D eigenvalue weighted by Gasteiger charge is 2.34. The van der Waals surface area contributed by atoms with Gasteiger partial charge in [-0.15, -0.1) is 5.10 Å². The Bertz CT molecular complexity index is 736. The first-order valence-corrected chi connectivity index (χ1v) is 10.1. The molecule has 0 N–H and O–H groups in total. The van der Waals surface area contributed by atoms with Crippen LogP contribution in [0.2, 0.25) is 0 Å². The first-order chi connectivity index (χ1) is 12.4. The van der Waals surface area contributed by atoms with Crippen LogP contribution in [0.4, 0.5) is 0 Å². The lowest BCUT2D eigenvalue weighted by Crippen LogP contribution is -2.40. The van der Waals surface area contributed by atoms with Crippen LogP contribution in [-0.4, -0.2) is 42.8 Å². The summed E-state index contributed by atoms with van der Waals surface area (Å²) < 4.78 is 1.77. The van der Waals surface area contributed by atoms with Crippen molar-refractivity contribution in [2.24, 2.45) is 5.92 Å². The molecule has 1 aliphatic rings. The van der Waals surface area contributed by atoms with Gasteiger partial charge in [-0.2, -0.15) is 0 Å². The van der Waals surface area contributed by atoms with Gasteiger partial charge in [0.2, 0.25) is 11.1 Å². The third-order valence-electron chi connectivity index (χ3n) is 4.71. The number of hydrogen-bond donors (Lipinski definition) is 0. The minimum Gasteiger partial charge on any atom is -0.335 e. The molecule has 0 bridgehead atoms. The molecule has 2 aromatic rings. The smallest absolute Gasteiger partial charge is 0.233 e. The van der Waals surface area contributed by atoms with Crippen LogP contribution >= 0.6 is 11.8 Å². The molecule has 0 spiro atoms.